The van der Waals surface area contributed by atoms with Gasteiger partial charge in [0.25, 0.3) is 0 Å². The van der Waals surface area contributed by atoms with Gasteiger partial charge in [-0.1, -0.05) is 6.07 Å². The van der Waals surface area contributed by atoms with Crippen molar-refractivity contribution in [3.63, 3.8) is 0 Å². The zero-order valence-corrected chi connectivity index (χ0v) is 12.0. The predicted octanol–water partition coefficient (Wildman–Crippen LogP) is 1.79. The Labute approximate surface area is 116 Å². The third-order valence-corrected chi connectivity index (χ3v) is 3.36. The molecule has 0 radical (unpaired) electrons. The number of nitrogens with zero attached hydrogens (tertiary/aromatic N) is 1. The van der Waals surface area contributed by atoms with Gasteiger partial charge in [0.15, 0.2) is 0 Å². The van der Waals surface area contributed by atoms with Crippen LogP contribution in [0.1, 0.15) is 12.8 Å². The molecule has 0 amide bonds. The van der Waals surface area contributed by atoms with Gasteiger partial charge in [0.2, 0.25) is 0 Å². The first-order valence-corrected chi connectivity index (χ1v) is 7.09. The summed E-state index contributed by atoms with van der Waals surface area (Å²) in [4.78, 5) is 2.12. The summed E-state index contributed by atoms with van der Waals surface area (Å²) < 4.78 is 5.73. The Hall–Kier alpha value is -1.26. The maximum atomic E-state index is 5.73. The first kappa shape index (κ1) is 14.2. The highest BCUT2D eigenvalue weighted by molar-refractivity contribution is 5.48. The fourth-order valence-electron chi connectivity index (χ4n) is 2.21. The minimum atomic E-state index is 0.610. The molecule has 1 fully saturated rings. The van der Waals surface area contributed by atoms with Crippen molar-refractivity contribution in [1.82, 2.24) is 10.2 Å². The SMILES string of the molecule is CN(C)CCOc1cccc(NCC2CCCN2)c1. The molecular weight excluding hydrogens is 238 g/mol. The Morgan fingerprint density at radius 2 is 2.32 bits per heavy atom. The molecule has 106 valence electrons. The second-order valence-corrected chi connectivity index (χ2v) is 5.35. The smallest absolute Gasteiger partial charge is 0.121 e. The fraction of sp³-hybridized carbons (Fsp3) is 0.600. The van der Waals surface area contributed by atoms with Crippen LogP contribution in [0.15, 0.2) is 24.3 Å². The summed E-state index contributed by atoms with van der Waals surface area (Å²) >= 11 is 0. The fourth-order valence-corrected chi connectivity index (χ4v) is 2.21. The van der Waals surface area contributed by atoms with E-state index in [0.717, 1.165) is 37.7 Å². The molecule has 4 heteroatoms. The summed E-state index contributed by atoms with van der Waals surface area (Å²) in [5, 5.41) is 6.96. The first-order valence-electron chi connectivity index (χ1n) is 7.09. The summed E-state index contributed by atoms with van der Waals surface area (Å²) in [5.41, 5.74) is 1.14. The lowest BCUT2D eigenvalue weighted by atomic mass is 10.2. The van der Waals surface area contributed by atoms with Gasteiger partial charge < -0.3 is 20.3 Å². The second kappa shape index (κ2) is 7.36. The van der Waals surface area contributed by atoms with Crippen molar-refractivity contribution >= 4 is 5.69 Å². The largest absolute Gasteiger partial charge is 0.492 e. The third kappa shape index (κ3) is 5.09. The highest BCUT2D eigenvalue weighted by Gasteiger charge is 2.13. The first-order chi connectivity index (χ1) is 9.24. The van der Waals surface area contributed by atoms with Crippen molar-refractivity contribution in [3.05, 3.63) is 24.3 Å². The molecule has 1 atom stereocenters. The van der Waals surface area contributed by atoms with Crippen molar-refractivity contribution in [2.45, 2.75) is 18.9 Å². The van der Waals surface area contributed by atoms with Crippen LogP contribution in [-0.4, -0.2) is 51.3 Å². The number of ether oxygens (including phenoxy) is 1. The van der Waals surface area contributed by atoms with Gasteiger partial charge in [0, 0.05) is 30.9 Å². The molecule has 2 rings (SSSR count). The predicted molar refractivity (Wildman–Crippen MR) is 80.0 cm³/mol. The highest BCUT2D eigenvalue weighted by atomic mass is 16.5. The average Bonchev–Trinajstić information content (AvgIpc) is 2.89. The van der Waals surface area contributed by atoms with Crippen molar-refractivity contribution in [1.29, 1.82) is 0 Å². The lowest BCUT2D eigenvalue weighted by molar-refractivity contribution is 0.261. The van der Waals surface area contributed by atoms with E-state index < -0.39 is 0 Å². The minimum absolute atomic E-state index is 0.610. The van der Waals surface area contributed by atoms with Crippen LogP contribution in [0.5, 0.6) is 5.75 Å². The third-order valence-electron chi connectivity index (χ3n) is 3.36. The molecule has 1 saturated heterocycles. The molecule has 0 aliphatic carbocycles. The summed E-state index contributed by atoms with van der Waals surface area (Å²) in [6, 6.07) is 8.82. The molecule has 4 nitrogen and oxygen atoms in total. The van der Waals surface area contributed by atoms with E-state index in [2.05, 4.69) is 41.8 Å². The highest BCUT2D eigenvalue weighted by Crippen LogP contribution is 2.17. The van der Waals surface area contributed by atoms with Gasteiger partial charge in [0.05, 0.1) is 0 Å². The number of hydrogen-bond donors (Lipinski definition) is 2. The molecule has 1 heterocycles. The monoisotopic (exact) mass is 263 g/mol. The Balaban J connectivity index is 1.77. The topological polar surface area (TPSA) is 36.5 Å². The van der Waals surface area contributed by atoms with Crippen LogP contribution in [0.4, 0.5) is 5.69 Å². The van der Waals surface area contributed by atoms with Gasteiger partial charge in [-0.05, 0) is 45.6 Å². The van der Waals surface area contributed by atoms with Crippen LogP contribution in [0.3, 0.4) is 0 Å². The molecule has 2 N–H and O–H groups in total. The zero-order chi connectivity index (χ0) is 13.5. The van der Waals surface area contributed by atoms with Crippen LogP contribution in [0, 0.1) is 0 Å². The van der Waals surface area contributed by atoms with Crippen LogP contribution < -0.4 is 15.4 Å². The van der Waals surface area contributed by atoms with Crippen LogP contribution >= 0.6 is 0 Å². The standard InChI is InChI=1S/C15H25N3O/c1-18(2)9-10-19-15-7-3-5-13(11-15)17-12-14-6-4-8-16-14/h3,5,7,11,14,16-17H,4,6,8-10,12H2,1-2H3. The molecule has 0 spiro atoms. The Morgan fingerprint density at radius 1 is 1.42 bits per heavy atom. The molecule has 1 aromatic carbocycles. The normalized spacial score (nSPS) is 18.8. The van der Waals surface area contributed by atoms with Crippen molar-refractivity contribution in [2.75, 3.05) is 45.7 Å². The summed E-state index contributed by atoms with van der Waals surface area (Å²) in [7, 11) is 4.10. The van der Waals surface area contributed by atoms with Gasteiger partial charge in [-0.3, -0.25) is 0 Å². The number of anilines is 1. The zero-order valence-electron chi connectivity index (χ0n) is 12.0. The van der Waals surface area contributed by atoms with E-state index in [-0.39, 0.29) is 0 Å². The van der Waals surface area contributed by atoms with Gasteiger partial charge in [-0.15, -0.1) is 0 Å². The van der Waals surface area contributed by atoms with Crippen molar-refractivity contribution < 1.29 is 4.74 Å². The second-order valence-electron chi connectivity index (χ2n) is 5.35. The number of rotatable bonds is 7. The van der Waals surface area contributed by atoms with Crippen molar-refractivity contribution in [2.24, 2.45) is 0 Å². The molecular formula is C15H25N3O. The molecule has 0 aromatic heterocycles. The average molecular weight is 263 g/mol. The number of likely N-dealkylation sites (N-methyl/N-ethyl adjacent to an activating group) is 1. The minimum Gasteiger partial charge on any atom is -0.492 e. The Morgan fingerprint density at radius 3 is 3.05 bits per heavy atom. The van der Waals surface area contributed by atoms with Crippen molar-refractivity contribution in [3.8, 4) is 5.75 Å². The van der Waals surface area contributed by atoms with E-state index in [4.69, 9.17) is 4.74 Å². The molecule has 1 aromatic rings. The number of nitrogens with one attached hydrogen (secondary N) is 2. The van der Waals surface area contributed by atoms with E-state index in [1.165, 1.54) is 12.8 Å². The Bertz CT molecular complexity index is 375. The van der Waals surface area contributed by atoms with Crippen LogP contribution in [0.2, 0.25) is 0 Å². The number of hydrogen-bond acceptors (Lipinski definition) is 4. The molecule has 0 saturated carbocycles. The summed E-state index contributed by atoms with van der Waals surface area (Å²) in [5.74, 6) is 0.936. The lowest BCUT2D eigenvalue weighted by Gasteiger charge is -2.14. The van der Waals surface area contributed by atoms with E-state index in [1.807, 2.05) is 12.1 Å². The van der Waals surface area contributed by atoms with E-state index >= 15 is 0 Å². The summed E-state index contributed by atoms with van der Waals surface area (Å²) in [6.07, 6.45) is 2.56. The van der Waals surface area contributed by atoms with Gasteiger partial charge >= 0.3 is 0 Å². The van der Waals surface area contributed by atoms with Gasteiger partial charge in [-0.25, -0.2) is 0 Å². The lowest BCUT2D eigenvalue weighted by Crippen LogP contribution is -2.29. The molecule has 19 heavy (non-hydrogen) atoms. The maximum Gasteiger partial charge on any atom is 0.121 e. The van der Waals surface area contributed by atoms with Gasteiger partial charge in [0.1, 0.15) is 12.4 Å². The van der Waals surface area contributed by atoms with Crippen LogP contribution in [-0.2, 0) is 0 Å². The maximum absolute atomic E-state index is 5.73. The Kier molecular flexibility index (Phi) is 5.48. The number of benzene rings is 1. The molecule has 0 bridgehead atoms. The molecule has 1 aliphatic heterocycles. The van der Waals surface area contributed by atoms with Crippen LogP contribution in [0.25, 0.3) is 0 Å². The van der Waals surface area contributed by atoms with Gasteiger partial charge in [-0.2, -0.15) is 0 Å². The molecule has 1 aliphatic rings. The van der Waals surface area contributed by atoms with E-state index in [0.29, 0.717) is 6.04 Å². The van der Waals surface area contributed by atoms with E-state index in [9.17, 15) is 0 Å². The molecule has 1 unspecified atom stereocenters. The summed E-state index contributed by atoms with van der Waals surface area (Å²) in [6.45, 7) is 3.80. The quantitative estimate of drug-likeness (QED) is 0.786. The van der Waals surface area contributed by atoms with E-state index in [1.54, 1.807) is 0 Å².